The Hall–Kier alpha value is -3.01. The van der Waals surface area contributed by atoms with Gasteiger partial charge in [0.05, 0.1) is 6.04 Å². The van der Waals surface area contributed by atoms with Gasteiger partial charge in [-0.1, -0.05) is 55.5 Å². The lowest BCUT2D eigenvalue weighted by Gasteiger charge is -2.33. The van der Waals surface area contributed by atoms with E-state index in [2.05, 4.69) is 41.4 Å². The van der Waals surface area contributed by atoms with Crippen LogP contribution in [0.2, 0.25) is 0 Å². The van der Waals surface area contributed by atoms with E-state index in [0.717, 1.165) is 41.1 Å². The molecule has 1 saturated heterocycles. The molecule has 1 aliphatic heterocycles. The molecular formula is C26H30N2O2. The van der Waals surface area contributed by atoms with E-state index in [1.165, 1.54) is 18.5 Å². The molecule has 1 N–H and O–H groups in total. The van der Waals surface area contributed by atoms with E-state index in [1.54, 1.807) is 0 Å². The van der Waals surface area contributed by atoms with Crippen LogP contribution in [-0.4, -0.2) is 25.6 Å². The van der Waals surface area contributed by atoms with Crippen molar-refractivity contribution in [3.8, 4) is 5.75 Å². The minimum Gasteiger partial charge on any atom is -0.483 e. The van der Waals surface area contributed by atoms with Crippen LogP contribution >= 0.6 is 0 Å². The van der Waals surface area contributed by atoms with Gasteiger partial charge in [-0.25, -0.2) is 0 Å². The fourth-order valence-electron chi connectivity index (χ4n) is 4.23. The molecule has 3 aromatic carbocycles. The maximum Gasteiger partial charge on any atom is 0.258 e. The highest BCUT2D eigenvalue weighted by molar-refractivity contribution is 5.88. The first kappa shape index (κ1) is 20.3. The van der Waals surface area contributed by atoms with E-state index < -0.39 is 0 Å². The molecule has 3 aromatic rings. The van der Waals surface area contributed by atoms with Gasteiger partial charge in [-0.15, -0.1) is 0 Å². The minimum atomic E-state index is -0.121. The molecule has 2 atom stereocenters. The number of anilines is 1. The zero-order valence-corrected chi connectivity index (χ0v) is 17.8. The molecule has 0 saturated carbocycles. The summed E-state index contributed by atoms with van der Waals surface area (Å²) < 4.78 is 5.81. The number of nitrogens with one attached hydrogen (secondary N) is 1. The van der Waals surface area contributed by atoms with Crippen molar-refractivity contribution in [3.63, 3.8) is 0 Å². The van der Waals surface area contributed by atoms with Crippen LogP contribution in [0.25, 0.3) is 10.8 Å². The smallest absolute Gasteiger partial charge is 0.258 e. The number of carbonyl (C=O) groups excluding carboxylic acids is 1. The molecular weight excluding hydrogens is 372 g/mol. The summed E-state index contributed by atoms with van der Waals surface area (Å²) in [6.07, 6.45) is 2.57. The monoisotopic (exact) mass is 402 g/mol. The molecule has 0 aliphatic carbocycles. The van der Waals surface area contributed by atoms with Crippen molar-refractivity contribution in [3.05, 3.63) is 72.3 Å². The molecule has 0 unspecified atom stereocenters. The summed E-state index contributed by atoms with van der Waals surface area (Å²) in [4.78, 5) is 14.9. The number of fused-ring (bicyclic) bond motifs is 1. The van der Waals surface area contributed by atoms with Gasteiger partial charge in [0.2, 0.25) is 0 Å². The summed E-state index contributed by atoms with van der Waals surface area (Å²) in [6, 6.07) is 22.4. The van der Waals surface area contributed by atoms with Crippen molar-refractivity contribution in [2.45, 2.75) is 32.7 Å². The maximum atomic E-state index is 12.4. The Labute approximate surface area is 178 Å². The highest BCUT2D eigenvalue weighted by Gasteiger charge is 2.17. The maximum absolute atomic E-state index is 12.4. The molecule has 0 spiro atoms. The second kappa shape index (κ2) is 9.21. The number of nitrogens with zero attached hydrogens (tertiary/aromatic N) is 1. The first-order valence-electron chi connectivity index (χ1n) is 10.8. The third-order valence-corrected chi connectivity index (χ3v) is 5.90. The van der Waals surface area contributed by atoms with Gasteiger partial charge in [-0.05, 0) is 54.8 Å². The summed E-state index contributed by atoms with van der Waals surface area (Å²) in [6.45, 7) is 6.58. The van der Waals surface area contributed by atoms with Crippen LogP contribution in [0.15, 0.2) is 66.7 Å². The fourth-order valence-corrected chi connectivity index (χ4v) is 4.23. The number of carbonyl (C=O) groups is 1. The SMILES string of the molecule is C[C@@H]1CCCN(c2ccc([C@@H](C)NC(=O)COc3cccc4ccccc34)cc2)C1. The average Bonchev–Trinajstić information content (AvgIpc) is 2.77. The quantitative estimate of drug-likeness (QED) is 0.606. The van der Waals surface area contributed by atoms with Crippen LogP contribution < -0.4 is 15.0 Å². The van der Waals surface area contributed by atoms with Crippen molar-refractivity contribution in [1.82, 2.24) is 5.32 Å². The normalized spacial score (nSPS) is 17.5. The lowest BCUT2D eigenvalue weighted by molar-refractivity contribution is -0.123. The highest BCUT2D eigenvalue weighted by atomic mass is 16.5. The molecule has 4 heteroatoms. The van der Waals surface area contributed by atoms with Crippen LogP contribution in [0.3, 0.4) is 0 Å². The standard InChI is InChI=1S/C26H30N2O2/c1-19-7-6-16-28(17-19)23-14-12-21(13-15-23)20(2)27-26(29)18-30-25-11-5-9-22-8-3-4-10-24(22)25/h3-5,8-15,19-20H,6-7,16-18H2,1-2H3,(H,27,29)/t19-,20-/m1/s1. The Morgan fingerprint density at radius 2 is 1.87 bits per heavy atom. The minimum absolute atomic E-state index is 0.00208. The largest absolute Gasteiger partial charge is 0.483 e. The van der Waals surface area contributed by atoms with E-state index in [1.807, 2.05) is 49.4 Å². The third kappa shape index (κ3) is 4.76. The van der Waals surface area contributed by atoms with Gasteiger partial charge in [0.25, 0.3) is 5.91 Å². The number of rotatable bonds is 6. The fraction of sp³-hybridized carbons (Fsp3) is 0.346. The molecule has 4 rings (SSSR count). The van der Waals surface area contributed by atoms with E-state index in [9.17, 15) is 4.79 Å². The molecule has 1 amide bonds. The Balaban J connectivity index is 1.33. The molecule has 1 heterocycles. The van der Waals surface area contributed by atoms with Gasteiger partial charge in [-0.3, -0.25) is 4.79 Å². The molecule has 1 fully saturated rings. The van der Waals surface area contributed by atoms with Gasteiger partial charge in [0.15, 0.2) is 6.61 Å². The molecule has 0 radical (unpaired) electrons. The first-order valence-corrected chi connectivity index (χ1v) is 10.8. The number of hydrogen-bond donors (Lipinski definition) is 1. The Bertz CT molecular complexity index is 994. The van der Waals surface area contributed by atoms with Gasteiger partial charge < -0.3 is 15.0 Å². The lowest BCUT2D eigenvalue weighted by Crippen LogP contribution is -2.34. The number of piperidine rings is 1. The van der Waals surface area contributed by atoms with Crippen molar-refractivity contribution in [2.24, 2.45) is 5.92 Å². The van der Waals surface area contributed by atoms with Crippen LogP contribution in [0, 0.1) is 5.92 Å². The highest BCUT2D eigenvalue weighted by Crippen LogP contribution is 2.26. The predicted octanol–water partition coefficient (Wildman–Crippen LogP) is 5.33. The average molecular weight is 403 g/mol. The van der Waals surface area contributed by atoms with Crippen molar-refractivity contribution in [1.29, 1.82) is 0 Å². The molecule has 1 aliphatic rings. The Morgan fingerprint density at radius 1 is 1.10 bits per heavy atom. The number of benzene rings is 3. The summed E-state index contributed by atoms with van der Waals surface area (Å²) in [7, 11) is 0. The first-order chi connectivity index (χ1) is 14.6. The number of ether oxygens (including phenoxy) is 1. The summed E-state index contributed by atoms with van der Waals surface area (Å²) in [5.74, 6) is 1.36. The van der Waals surface area contributed by atoms with Gasteiger partial charge in [0, 0.05) is 24.2 Å². The molecule has 30 heavy (non-hydrogen) atoms. The van der Waals surface area contributed by atoms with E-state index in [-0.39, 0.29) is 18.6 Å². The van der Waals surface area contributed by atoms with Crippen LogP contribution in [0.1, 0.15) is 38.3 Å². The van der Waals surface area contributed by atoms with Crippen molar-refractivity contribution < 1.29 is 9.53 Å². The molecule has 0 aromatic heterocycles. The zero-order valence-electron chi connectivity index (χ0n) is 17.8. The summed E-state index contributed by atoms with van der Waals surface area (Å²) >= 11 is 0. The molecule has 0 bridgehead atoms. The van der Waals surface area contributed by atoms with Gasteiger partial charge in [0.1, 0.15) is 5.75 Å². The number of amides is 1. The summed E-state index contributed by atoms with van der Waals surface area (Å²) in [5, 5.41) is 5.16. The Morgan fingerprint density at radius 3 is 2.67 bits per heavy atom. The van der Waals surface area contributed by atoms with Gasteiger partial charge >= 0.3 is 0 Å². The lowest BCUT2D eigenvalue weighted by atomic mass is 9.99. The number of hydrogen-bond acceptors (Lipinski definition) is 3. The van der Waals surface area contributed by atoms with Crippen LogP contribution in [0.4, 0.5) is 5.69 Å². The summed E-state index contributed by atoms with van der Waals surface area (Å²) in [5.41, 5.74) is 2.37. The molecule has 4 nitrogen and oxygen atoms in total. The topological polar surface area (TPSA) is 41.6 Å². The predicted molar refractivity (Wildman–Crippen MR) is 123 cm³/mol. The van der Waals surface area contributed by atoms with Crippen LogP contribution in [-0.2, 0) is 4.79 Å². The van der Waals surface area contributed by atoms with E-state index in [0.29, 0.717) is 0 Å². The van der Waals surface area contributed by atoms with Crippen molar-refractivity contribution in [2.75, 3.05) is 24.6 Å². The van der Waals surface area contributed by atoms with Crippen LogP contribution in [0.5, 0.6) is 5.75 Å². The van der Waals surface area contributed by atoms with E-state index in [4.69, 9.17) is 4.74 Å². The van der Waals surface area contributed by atoms with E-state index >= 15 is 0 Å². The zero-order chi connectivity index (χ0) is 20.9. The Kier molecular flexibility index (Phi) is 6.22. The second-order valence-electron chi connectivity index (χ2n) is 8.34. The third-order valence-electron chi connectivity index (χ3n) is 5.90. The van der Waals surface area contributed by atoms with Crippen molar-refractivity contribution >= 4 is 22.4 Å². The van der Waals surface area contributed by atoms with Gasteiger partial charge in [-0.2, -0.15) is 0 Å². The molecule has 156 valence electrons. The second-order valence-corrected chi connectivity index (χ2v) is 8.34.